The molecule has 0 amide bonds. The van der Waals surface area contributed by atoms with E-state index in [4.69, 9.17) is 0 Å². The van der Waals surface area contributed by atoms with Crippen molar-refractivity contribution in [2.75, 3.05) is 0 Å². The maximum Gasteiger partial charge on any atom is 0.314 e. The molecule has 0 spiro atoms. The zero-order valence-corrected chi connectivity index (χ0v) is 7.88. The smallest absolute Gasteiger partial charge is 0.314 e. The molecule has 2 rings (SSSR count). The lowest BCUT2D eigenvalue weighted by Crippen LogP contribution is -2.29. The summed E-state index contributed by atoms with van der Waals surface area (Å²) in [4.78, 5) is 30.5. The SMILES string of the molecule is O=c1[nH]c2cncc(Br)c2[nH]c1=O. The van der Waals surface area contributed by atoms with Gasteiger partial charge in [0.2, 0.25) is 0 Å². The molecule has 0 aliphatic heterocycles. The van der Waals surface area contributed by atoms with Gasteiger partial charge in [0.05, 0.1) is 21.7 Å². The van der Waals surface area contributed by atoms with Crippen molar-refractivity contribution in [3.05, 3.63) is 37.6 Å². The van der Waals surface area contributed by atoms with Gasteiger partial charge in [0.1, 0.15) is 0 Å². The Morgan fingerprint density at radius 1 is 1.15 bits per heavy atom. The lowest BCUT2D eigenvalue weighted by atomic mass is 10.4. The zero-order valence-electron chi connectivity index (χ0n) is 6.30. The van der Waals surface area contributed by atoms with Crippen molar-refractivity contribution < 1.29 is 0 Å². The molecule has 0 aliphatic rings. The molecular formula is C7H4BrN3O2. The number of hydrogen-bond donors (Lipinski definition) is 2. The Bertz CT molecular complexity index is 572. The van der Waals surface area contributed by atoms with Gasteiger partial charge in [-0.2, -0.15) is 0 Å². The summed E-state index contributed by atoms with van der Waals surface area (Å²) in [5.41, 5.74) is -0.301. The van der Waals surface area contributed by atoms with E-state index in [2.05, 4.69) is 30.9 Å². The van der Waals surface area contributed by atoms with Gasteiger partial charge in [0, 0.05) is 6.20 Å². The molecule has 2 aromatic rings. The molecule has 0 aliphatic carbocycles. The highest BCUT2D eigenvalue weighted by atomic mass is 79.9. The van der Waals surface area contributed by atoms with Gasteiger partial charge in [-0.05, 0) is 15.9 Å². The number of rotatable bonds is 0. The third-order valence-electron chi connectivity index (χ3n) is 1.59. The van der Waals surface area contributed by atoms with Gasteiger partial charge in [-0.1, -0.05) is 0 Å². The first kappa shape index (κ1) is 8.18. The third-order valence-corrected chi connectivity index (χ3v) is 2.19. The van der Waals surface area contributed by atoms with E-state index in [1.165, 1.54) is 12.4 Å². The number of aromatic amines is 2. The van der Waals surface area contributed by atoms with Crippen molar-refractivity contribution in [2.24, 2.45) is 0 Å². The molecule has 0 fully saturated rings. The van der Waals surface area contributed by atoms with E-state index in [-0.39, 0.29) is 0 Å². The summed E-state index contributed by atoms with van der Waals surface area (Å²) >= 11 is 3.20. The van der Waals surface area contributed by atoms with Gasteiger partial charge < -0.3 is 9.97 Å². The Balaban J connectivity index is 3.06. The second kappa shape index (κ2) is 2.81. The van der Waals surface area contributed by atoms with E-state index in [9.17, 15) is 9.59 Å². The largest absolute Gasteiger partial charge is 0.315 e. The van der Waals surface area contributed by atoms with Crippen LogP contribution in [0.4, 0.5) is 0 Å². The molecule has 0 saturated carbocycles. The molecule has 5 nitrogen and oxygen atoms in total. The molecule has 6 heteroatoms. The number of pyridine rings is 1. The first-order valence-corrected chi connectivity index (χ1v) is 4.23. The first-order chi connectivity index (χ1) is 6.18. The van der Waals surface area contributed by atoms with E-state index in [1.54, 1.807) is 0 Å². The molecule has 0 radical (unpaired) electrons. The molecule has 0 aromatic carbocycles. The summed E-state index contributed by atoms with van der Waals surface area (Å²) in [6.07, 6.45) is 3.01. The van der Waals surface area contributed by atoms with Crippen LogP contribution < -0.4 is 11.1 Å². The minimum Gasteiger partial charge on any atom is -0.315 e. The first-order valence-electron chi connectivity index (χ1n) is 3.44. The van der Waals surface area contributed by atoms with Gasteiger partial charge in [-0.25, -0.2) is 0 Å². The quantitative estimate of drug-likeness (QED) is 0.655. The van der Waals surface area contributed by atoms with Crippen molar-refractivity contribution in [1.82, 2.24) is 15.0 Å². The van der Waals surface area contributed by atoms with Gasteiger partial charge in [-0.3, -0.25) is 14.6 Å². The van der Waals surface area contributed by atoms with Crippen molar-refractivity contribution in [2.45, 2.75) is 0 Å². The average molecular weight is 242 g/mol. The fraction of sp³-hybridized carbons (Fsp3) is 0. The van der Waals surface area contributed by atoms with Crippen LogP contribution in [0, 0.1) is 0 Å². The average Bonchev–Trinajstić information content (AvgIpc) is 2.09. The van der Waals surface area contributed by atoms with E-state index in [0.29, 0.717) is 15.5 Å². The Morgan fingerprint density at radius 2 is 1.85 bits per heavy atom. The van der Waals surface area contributed by atoms with Crippen molar-refractivity contribution in [3.8, 4) is 0 Å². The molecule has 0 unspecified atom stereocenters. The molecule has 0 saturated heterocycles. The van der Waals surface area contributed by atoms with E-state index >= 15 is 0 Å². The number of nitrogens with one attached hydrogen (secondary N) is 2. The highest BCUT2D eigenvalue weighted by Gasteiger charge is 2.01. The van der Waals surface area contributed by atoms with Crippen LogP contribution in [-0.4, -0.2) is 15.0 Å². The molecule has 0 bridgehead atoms. The molecule has 2 aromatic heterocycles. The summed E-state index contributed by atoms with van der Waals surface area (Å²) < 4.78 is 0.637. The Kier molecular flexibility index (Phi) is 1.77. The molecular weight excluding hydrogens is 238 g/mol. The topological polar surface area (TPSA) is 78.6 Å². The summed E-state index contributed by atoms with van der Waals surface area (Å²) in [7, 11) is 0. The van der Waals surface area contributed by atoms with E-state index in [1.807, 2.05) is 0 Å². The standard InChI is InChI=1S/C7H4BrN3O2/c8-3-1-9-2-4-5(3)11-7(13)6(12)10-4/h1-2H,(H,10,12)(H,11,13). The lowest BCUT2D eigenvalue weighted by molar-refractivity contribution is 1.13. The zero-order chi connectivity index (χ0) is 9.42. The number of hydrogen-bond acceptors (Lipinski definition) is 3. The maximum atomic E-state index is 10.9. The highest BCUT2D eigenvalue weighted by Crippen LogP contribution is 2.15. The molecule has 0 atom stereocenters. The van der Waals surface area contributed by atoms with Crippen LogP contribution in [0.3, 0.4) is 0 Å². The summed E-state index contributed by atoms with van der Waals surface area (Å²) in [6.45, 7) is 0. The fourth-order valence-corrected chi connectivity index (χ4v) is 1.44. The van der Waals surface area contributed by atoms with Crippen LogP contribution >= 0.6 is 15.9 Å². The summed E-state index contributed by atoms with van der Waals surface area (Å²) in [6, 6.07) is 0. The van der Waals surface area contributed by atoms with Crippen LogP contribution in [0.25, 0.3) is 11.0 Å². The minimum atomic E-state index is -0.674. The Labute approximate surface area is 80.0 Å². The number of fused-ring (bicyclic) bond motifs is 1. The molecule has 2 N–H and O–H groups in total. The Hall–Kier alpha value is -1.43. The summed E-state index contributed by atoms with van der Waals surface area (Å²) in [5.74, 6) is 0. The van der Waals surface area contributed by atoms with Crippen molar-refractivity contribution in [1.29, 1.82) is 0 Å². The predicted octanol–water partition coefficient (Wildman–Crippen LogP) is 0.374. The van der Waals surface area contributed by atoms with E-state index in [0.717, 1.165) is 0 Å². The van der Waals surface area contributed by atoms with Crippen molar-refractivity contribution in [3.63, 3.8) is 0 Å². The van der Waals surface area contributed by atoms with Crippen molar-refractivity contribution >= 4 is 27.0 Å². The molecule has 13 heavy (non-hydrogen) atoms. The van der Waals surface area contributed by atoms with Gasteiger partial charge in [-0.15, -0.1) is 0 Å². The molecule has 66 valence electrons. The lowest BCUT2D eigenvalue weighted by Gasteiger charge is -1.97. The van der Waals surface area contributed by atoms with Gasteiger partial charge in [0.15, 0.2) is 0 Å². The maximum absolute atomic E-state index is 10.9. The third kappa shape index (κ3) is 1.29. The number of H-pyrrole nitrogens is 2. The predicted molar refractivity (Wildman–Crippen MR) is 50.7 cm³/mol. The monoisotopic (exact) mass is 241 g/mol. The number of halogens is 1. The van der Waals surface area contributed by atoms with Gasteiger partial charge in [0.25, 0.3) is 0 Å². The van der Waals surface area contributed by atoms with Crippen LogP contribution in [0.15, 0.2) is 26.5 Å². The van der Waals surface area contributed by atoms with Crippen LogP contribution in [0.1, 0.15) is 0 Å². The summed E-state index contributed by atoms with van der Waals surface area (Å²) in [5, 5.41) is 0. The second-order valence-corrected chi connectivity index (χ2v) is 3.31. The van der Waals surface area contributed by atoms with Crippen LogP contribution in [-0.2, 0) is 0 Å². The van der Waals surface area contributed by atoms with E-state index < -0.39 is 11.1 Å². The fourth-order valence-electron chi connectivity index (χ4n) is 1.01. The molecule has 2 heterocycles. The Morgan fingerprint density at radius 3 is 2.62 bits per heavy atom. The van der Waals surface area contributed by atoms with Gasteiger partial charge >= 0.3 is 11.1 Å². The van der Waals surface area contributed by atoms with Crippen LogP contribution in [0.5, 0.6) is 0 Å². The number of aromatic nitrogens is 3. The highest BCUT2D eigenvalue weighted by molar-refractivity contribution is 9.10. The second-order valence-electron chi connectivity index (χ2n) is 2.45. The number of nitrogens with zero attached hydrogens (tertiary/aromatic N) is 1. The van der Waals surface area contributed by atoms with Crippen LogP contribution in [0.2, 0.25) is 0 Å². The minimum absolute atomic E-state index is 0.499. The normalized spacial score (nSPS) is 10.5.